The fraction of sp³-hybridized carbons (Fsp3) is 0.533. The Kier molecular flexibility index (Phi) is 8.22. The van der Waals surface area contributed by atoms with Gasteiger partial charge < -0.3 is 15.4 Å². The summed E-state index contributed by atoms with van der Waals surface area (Å²) in [5.74, 6) is -0.00336. The number of benzene rings is 1. The number of hydrogen-bond donors (Lipinski definition) is 2. The molecular formula is C15H20BrClF2N2O2. The van der Waals surface area contributed by atoms with Gasteiger partial charge >= 0.3 is 6.61 Å². The van der Waals surface area contributed by atoms with Gasteiger partial charge in [-0.3, -0.25) is 4.79 Å². The van der Waals surface area contributed by atoms with Gasteiger partial charge in [-0.25, -0.2) is 0 Å². The minimum atomic E-state index is -2.89. The maximum atomic E-state index is 12.4. The molecule has 2 atom stereocenters. The van der Waals surface area contributed by atoms with E-state index in [1.807, 2.05) is 6.92 Å². The summed E-state index contributed by atoms with van der Waals surface area (Å²) in [4.78, 5) is 12.2. The van der Waals surface area contributed by atoms with E-state index in [2.05, 4.69) is 31.3 Å². The molecule has 8 heteroatoms. The number of alkyl halides is 2. The van der Waals surface area contributed by atoms with Crippen molar-refractivity contribution < 1.29 is 18.3 Å². The zero-order chi connectivity index (χ0) is 16.1. The maximum absolute atomic E-state index is 12.4. The third-order valence-electron chi connectivity index (χ3n) is 3.69. The highest BCUT2D eigenvalue weighted by atomic mass is 79.9. The van der Waals surface area contributed by atoms with E-state index in [1.165, 1.54) is 6.07 Å². The highest BCUT2D eigenvalue weighted by Gasteiger charge is 2.24. The van der Waals surface area contributed by atoms with Crippen LogP contribution in [-0.2, 0) is 11.3 Å². The van der Waals surface area contributed by atoms with Crippen molar-refractivity contribution in [3.8, 4) is 5.75 Å². The standard InChI is InChI=1S/C15H19BrF2N2O2.ClH/c1-9-6-10(4-5-19-9)14(21)20-8-11-7-12(16)2-3-13(11)22-15(17)18;/h2-3,7,9-10,15,19H,4-6,8H2,1H3,(H,20,21);1H/t9-,10-;/m0./s1. The predicted molar refractivity (Wildman–Crippen MR) is 90.1 cm³/mol. The predicted octanol–water partition coefficient (Wildman–Crippen LogP) is 3.48. The molecule has 0 aliphatic carbocycles. The van der Waals surface area contributed by atoms with Crippen LogP contribution in [0, 0.1) is 5.92 Å². The molecule has 2 N–H and O–H groups in total. The van der Waals surface area contributed by atoms with E-state index < -0.39 is 6.61 Å². The molecule has 1 aliphatic rings. The van der Waals surface area contributed by atoms with Crippen LogP contribution in [0.3, 0.4) is 0 Å². The molecule has 1 fully saturated rings. The Labute approximate surface area is 148 Å². The second-order valence-corrected chi connectivity index (χ2v) is 6.34. The van der Waals surface area contributed by atoms with Crippen LogP contribution in [-0.4, -0.2) is 25.1 Å². The third kappa shape index (κ3) is 6.24. The van der Waals surface area contributed by atoms with E-state index in [0.717, 1.165) is 23.9 Å². The topological polar surface area (TPSA) is 50.4 Å². The average molecular weight is 414 g/mol. The van der Waals surface area contributed by atoms with Crippen molar-refractivity contribution in [3.05, 3.63) is 28.2 Å². The minimum Gasteiger partial charge on any atom is -0.434 e. The number of rotatable bonds is 5. The molecule has 0 bridgehead atoms. The van der Waals surface area contributed by atoms with Gasteiger partial charge in [-0.1, -0.05) is 15.9 Å². The lowest BCUT2D eigenvalue weighted by Gasteiger charge is -2.27. The number of piperidine rings is 1. The Morgan fingerprint density at radius 3 is 2.91 bits per heavy atom. The highest BCUT2D eigenvalue weighted by molar-refractivity contribution is 9.10. The number of carbonyl (C=O) groups is 1. The SMILES string of the molecule is C[C@H]1C[C@@H](C(=O)NCc2cc(Br)ccc2OC(F)F)CCN1.Cl. The Bertz CT molecular complexity index is 534. The van der Waals surface area contributed by atoms with Crippen LogP contribution in [0.25, 0.3) is 0 Å². The van der Waals surface area contributed by atoms with Crippen molar-refractivity contribution in [3.63, 3.8) is 0 Å². The van der Waals surface area contributed by atoms with Crippen LogP contribution in [0.2, 0.25) is 0 Å². The zero-order valence-electron chi connectivity index (χ0n) is 12.7. The van der Waals surface area contributed by atoms with E-state index in [-0.39, 0.29) is 36.5 Å². The van der Waals surface area contributed by atoms with Crippen molar-refractivity contribution in [1.82, 2.24) is 10.6 Å². The van der Waals surface area contributed by atoms with Crippen molar-refractivity contribution in [2.24, 2.45) is 5.92 Å². The van der Waals surface area contributed by atoms with Crippen LogP contribution < -0.4 is 15.4 Å². The quantitative estimate of drug-likeness (QED) is 0.777. The normalized spacial score (nSPS) is 20.7. The van der Waals surface area contributed by atoms with Gasteiger partial charge in [0.2, 0.25) is 5.91 Å². The van der Waals surface area contributed by atoms with Gasteiger partial charge in [-0.05, 0) is 44.5 Å². The first-order chi connectivity index (χ1) is 10.5. The molecule has 1 aromatic carbocycles. The summed E-state index contributed by atoms with van der Waals surface area (Å²) >= 11 is 3.29. The molecule has 1 saturated heterocycles. The summed E-state index contributed by atoms with van der Waals surface area (Å²) in [6.07, 6.45) is 1.57. The first kappa shape index (κ1) is 20.1. The van der Waals surface area contributed by atoms with Crippen LogP contribution in [0.15, 0.2) is 22.7 Å². The first-order valence-corrected chi connectivity index (χ1v) is 7.99. The second-order valence-electron chi connectivity index (χ2n) is 5.42. The lowest BCUT2D eigenvalue weighted by molar-refractivity contribution is -0.126. The molecule has 1 aromatic rings. The maximum Gasteiger partial charge on any atom is 0.387 e. The molecule has 1 amide bonds. The third-order valence-corrected chi connectivity index (χ3v) is 4.18. The molecule has 0 aromatic heterocycles. The monoisotopic (exact) mass is 412 g/mol. The van der Waals surface area contributed by atoms with Crippen LogP contribution in [0.5, 0.6) is 5.75 Å². The molecule has 2 rings (SSSR count). The Balaban J connectivity index is 0.00000264. The molecule has 0 saturated carbocycles. The smallest absolute Gasteiger partial charge is 0.387 e. The molecule has 23 heavy (non-hydrogen) atoms. The van der Waals surface area contributed by atoms with E-state index in [1.54, 1.807) is 12.1 Å². The molecule has 1 heterocycles. The van der Waals surface area contributed by atoms with Gasteiger partial charge in [0.25, 0.3) is 0 Å². The summed E-state index contributed by atoms with van der Waals surface area (Å²) in [7, 11) is 0. The summed E-state index contributed by atoms with van der Waals surface area (Å²) < 4.78 is 30.0. The fourth-order valence-corrected chi connectivity index (χ4v) is 3.00. The van der Waals surface area contributed by atoms with Crippen LogP contribution in [0.1, 0.15) is 25.3 Å². The molecule has 1 aliphatic heterocycles. The number of amides is 1. The summed E-state index contributed by atoms with van der Waals surface area (Å²) in [5, 5.41) is 6.11. The van der Waals surface area contributed by atoms with Crippen LogP contribution in [0.4, 0.5) is 8.78 Å². The summed E-state index contributed by atoms with van der Waals surface area (Å²) in [6, 6.07) is 5.07. The number of ether oxygens (including phenoxy) is 1. The highest BCUT2D eigenvalue weighted by Crippen LogP contribution is 2.25. The lowest BCUT2D eigenvalue weighted by atomic mass is 9.92. The Morgan fingerprint density at radius 1 is 1.52 bits per heavy atom. The van der Waals surface area contributed by atoms with Gasteiger partial charge in [-0.2, -0.15) is 8.78 Å². The minimum absolute atomic E-state index is 0. The van der Waals surface area contributed by atoms with Gasteiger partial charge in [0.1, 0.15) is 5.75 Å². The molecule has 0 spiro atoms. The van der Waals surface area contributed by atoms with Gasteiger partial charge in [0.05, 0.1) is 0 Å². The Hall–Kier alpha value is -0.920. The van der Waals surface area contributed by atoms with Crippen LogP contribution >= 0.6 is 28.3 Å². The van der Waals surface area contributed by atoms with Gasteiger partial charge in [0, 0.05) is 28.5 Å². The van der Waals surface area contributed by atoms with Crippen molar-refractivity contribution in [2.45, 2.75) is 39.0 Å². The molecule has 4 nitrogen and oxygen atoms in total. The van der Waals surface area contributed by atoms with Crippen molar-refractivity contribution >= 4 is 34.2 Å². The van der Waals surface area contributed by atoms with E-state index in [0.29, 0.717) is 11.6 Å². The average Bonchev–Trinajstić information content (AvgIpc) is 2.46. The van der Waals surface area contributed by atoms with Gasteiger partial charge in [-0.15, -0.1) is 12.4 Å². The largest absolute Gasteiger partial charge is 0.434 e. The number of nitrogens with one attached hydrogen (secondary N) is 2. The van der Waals surface area contributed by atoms with E-state index >= 15 is 0 Å². The van der Waals surface area contributed by atoms with Crippen molar-refractivity contribution in [2.75, 3.05) is 6.54 Å². The van der Waals surface area contributed by atoms with E-state index in [9.17, 15) is 13.6 Å². The number of carbonyl (C=O) groups excluding carboxylic acids is 1. The molecule has 130 valence electrons. The zero-order valence-corrected chi connectivity index (χ0v) is 15.1. The van der Waals surface area contributed by atoms with Gasteiger partial charge in [0.15, 0.2) is 0 Å². The number of hydrogen-bond acceptors (Lipinski definition) is 3. The first-order valence-electron chi connectivity index (χ1n) is 7.20. The molecule has 0 radical (unpaired) electrons. The van der Waals surface area contributed by atoms with Crippen molar-refractivity contribution in [1.29, 1.82) is 0 Å². The summed E-state index contributed by atoms with van der Waals surface area (Å²) in [6.45, 7) is 0.137. The summed E-state index contributed by atoms with van der Waals surface area (Å²) in [5.41, 5.74) is 0.519. The van der Waals surface area contributed by atoms with E-state index in [4.69, 9.17) is 0 Å². The lowest BCUT2D eigenvalue weighted by Crippen LogP contribution is -2.42. The molecular weight excluding hydrogens is 394 g/mol. The fourth-order valence-electron chi connectivity index (χ4n) is 2.59. The molecule has 0 unspecified atom stereocenters. The number of halogens is 4. The Morgan fingerprint density at radius 2 is 2.26 bits per heavy atom. The second kappa shape index (κ2) is 9.39.